The van der Waals surface area contributed by atoms with E-state index in [1.807, 2.05) is 0 Å². The summed E-state index contributed by atoms with van der Waals surface area (Å²) in [5.41, 5.74) is 5.83. The first-order valence-electron chi connectivity index (χ1n) is 7.37. The quantitative estimate of drug-likeness (QED) is 0.706. The zero-order chi connectivity index (χ0) is 14.4. The summed E-state index contributed by atoms with van der Waals surface area (Å²) in [4.78, 5) is 0. The van der Waals surface area contributed by atoms with Crippen LogP contribution in [0.25, 0.3) is 0 Å². The fourth-order valence-corrected chi connectivity index (χ4v) is 3.91. The molecular formula is C17H28OSi. The molecule has 2 heteroatoms. The Bertz CT molecular complexity index is 452. The molecule has 0 saturated carbocycles. The summed E-state index contributed by atoms with van der Waals surface area (Å²) >= 11 is 0. The maximum atomic E-state index is 6.56. The molecule has 0 radical (unpaired) electrons. The van der Waals surface area contributed by atoms with E-state index in [4.69, 9.17) is 4.43 Å². The van der Waals surface area contributed by atoms with E-state index in [0.29, 0.717) is 11.1 Å². The van der Waals surface area contributed by atoms with E-state index in [-0.39, 0.29) is 0 Å². The molecule has 1 aliphatic rings. The summed E-state index contributed by atoms with van der Waals surface area (Å²) in [5, 5.41) is 0.299. The maximum Gasteiger partial charge on any atom is 0.192 e. The second-order valence-corrected chi connectivity index (χ2v) is 12.4. The van der Waals surface area contributed by atoms with E-state index in [0.717, 1.165) is 12.8 Å². The van der Waals surface area contributed by atoms with Crippen molar-refractivity contribution in [2.45, 2.75) is 71.7 Å². The van der Waals surface area contributed by atoms with Gasteiger partial charge in [-0.15, -0.1) is 0 Å². The van der Waals surface area contributed by atoms with E-state index in [9.17, 15) is 0 Å². The first-order valence-corrected chi connectivity index (χ1v) is 10.3. The van der Waals surface area contributed by atoms with Crippen molar-refractivity contribution in [2.75, 3.05) is 0 Å². The summed E-state index contributed by atoms with van der Waals surface area (Å²) in [6, 6.07) is 4.72. The minimum absolute atomic E-state index is 0.299. The normalized spacial score (nSPS) is 16.8. The largest absolute Gasteiger partial charge is 0.413 e. The lowest BCUT2D eigenvalue weighted by molar-refractivity contribution is 0.191. The van der Waals surface area contributed by atoms with Gasteiger partial charge in [0.05, 0.1) is 6.10 Å². The van der Waals surface area contributed by atoms with Gasteiger partial charge < -0.3 is 4.43 Å². The number of rotatable bonds is 2. The number of benzene rings is 1. The third-order valence-electron chi connectivity index (χ3n) is 4.98. The lowest BCUT2D eigenvalue weighted by Gasteiger charge is -2.38. The van der Waals surface area contributed by atoms with Crippen molar-refractivity contribution in [1.29, 1.82) is 0 Å². The van der Waals surface area contributed by atoms with E-state index >= 15 is 0 Å². The second-order valence-electron chi connectivity index (χ2n) is 7.61. The van der Waals surface area contributed by atoms with Crippen LogP contribution in [0.15, 0.2) is 12.1 Å². The molecule has 0 bridgehead atoms. The first kappa shape index (κ1) is 14.8. The molecule has 0 fully saturated rings. The van der Waals surface area contributed by atoms with Crippen molar-refractivity contribution in [2.24, 2.45) is 0 Å². The number of fused-ring (bicyclic) bond motifs is 1. The summed E-state index contributed by atoms with van der Waals surface area (Å²) in [7, 11) is -1.64. The van der Waals surface area contributed by atoms with Crippen molar-refractivity contribution in [3.63, 3.8) is 0 Å². The van der Waals surface area contributed by atoms with Gasteiger partial charge in [-0.2, -0.15) is 0 Å². The highest BCUT2D eigenvalue weighted by molar-refractivity contribution is 6.74. The van der Waals surface area contributed by atoms with Crippen LogP contribution in [0.2, 0.25) is 18.1 Å². The summed E-state index contributed by atoms with van der Waals surface area (Å²) in [6.45, 7) is 16.1. The zero-order valence-electron chi connectivity index (χ0n) is 13.6. The third-order valence-corrected chi connectivity index (χ3v) is 9.51. The van der Waals surface area contributed by atoms with Crippen LogP contribution in [-0.2, 0) is 17.3 Å². The number of hydrogen-bond acceptors (Lipinski definition) is 1. The van der Waals surface area contributed by atoms with Gasteiger partial charge in [0.1, 0.15) is 0 Å². The van der Waals surface area contributed by atoms with Gasteiger partial charge in [-0.25, -0.2) is 0 Å². The van der Waals surface area contributed by atoms with Gasteiger partial charge in [0, 0.05) is 0 Å². The van der Waals surface area contributed by atoms with Crippen LogP contribution < -0.4 is 0 Å². The van der Waals surface area contributed by atoms with Gasteiger partial charge in [0.15, 0.2) is 8.32 Å². The van der Waals surface area contributed by atoms with Crippen LogP contribution in [-0.4, -0.2) is 14.4 Å². The Balaban J connectivity index is 2.13. The number of aryl methyl sites for hydroxylation is 2. The predicted molar refractivity (Wildman–Crippen MR) is 85.4 cm³/mol. The van der Waals surface area contributed by atoms with E-state index in [1.54, 1.807) is 0 Å². The lowest BCUT2D eigenvalue weighted by atomic mass is 10.0. The first-order chi connectivity index (χ1) is 8.60. The molecule has 0 atom stereocenters. The van der Waals surface area contributed by atoms with Gasteiger partial charge >= 0.3 is 0 Å². The third kappa shape index (κ3) is 2.95. The van der Waals surface area contributed by atoms with Gasteiger partial charge in [-0.1, -0.05) is 32.9 Å². The summed E-state index contributed by atoms with van der Waals surface area (Å²) < 4.78 is 6.56. The standard InChI is InChI=1S/C17H28OSi/c1-12-8-14-10-16(11-15(14)9-13(12)2)18-19(6,7)17(3,4)5/h8-9,16H,10-11H2,1-7H3. The molecule has 106 valence electrons. The van der Waals surface area contributed by atoms with Crippen molar-refractivity contribution in [3.8, 4) is 0 Å². The van der Waals surface area contributed by atoms with Crippen LogP contribution in [0.5, 0.6) is 0 Å². The Morgan fingerprint density at radius 3 is 1.79 bits per heavy atom. The van der Waals surface area contributed by atoms with Gasteiger partial charge in [0.2, 0.25) is 0 Å². The van der Waals surface area contributed by atoms with Crippen LogP contribution in [0.3, 0.4) is 0 Å². The van der Waals surface area contributed by atoms with E-state index in [1.165, 1.54) is 22.3 Å². The molecule has 0 spiro atoms. The monoisotopic (exact) mass is 276 g/mol. The molecule has 0 saturated heterocycles. The fourth-order valence-electron chi connectivity index (χ4n) is 2.56. The minimum atomic E-state index is -1.64. The average Bonchev–Trinajstić information content (AvgIpc) is 2.57. The second kappa shape index (κ2) is 4.74. The van der Waals surface area contributed by atoms with Gasteiger partial charge in [-0.05, 0) is 67.1 Å². The molecule has 0 aromatic heterocycles. The van der Waals surface area contributed by atoms with Crippen LogP contribution in [0, 0.1) is 13.8 Å². The molecule has 0 N–H and O–H groups in total. The average molecular weight is 276 g/mol. The highest BCUT2D eigenvalue weighted by atomic mass is 28.4. The number of hydrogen-bond donors (Lipinski definition) is 0. The van der Waals surface area contributed by atoms with Crippen molar-refractivity contribution >= 4 is 8.32 Å². The molecule has 1 aromatic carbocycles. The van der Waals surface area contributed by atoms with Crippen LogP contribution in [0.4, 0.5) is 0 Å². The molecule has 0 unspecified atom stereocenters. The molecule has 0 amide bonds. The SMILES string of the molecule is Cc1cc2c(cc1C)CC(O[Si](C)(C)C(C)(C)C)C2. The minimum Gasteiger partial charge on any atom is -0.413 e. The Morgan fingerprint density at radius 1 is 1.00 bits per heavy atom. The zero-order valence-corrected chi connectivity index (χ0v) is 14.6. The molecule has 0 heterocycles. The van der Waals surface area contributed by atoms with Crippen molar-refractivity contribution < 1.29 is 4.43 Å². The predicted octanol–water partition coefficient (Wildman–Crippen LogP) is 4.79. The van der Waals surface area contributed by atoms with Gasteiger partial charge in [-0.3, -0.25) is 0 Å². The molecule has 1 aromatic rings. The van der Waals surface area contributed by atoms with Crippen molar-refractivity contribution in [3.05, 3.63) is 34.4 Å². The molecule has 1 aliphatic carbocycles. The van der Waals surface area contributed by atoms with E-state index in [2.05, 4.69) is 59.8 Å². The Morgan fingerprint density at radius 2 is 1.42 bits per heavy atom. The molecule has 2 rings (SSSR count). The molecular weight excluding hydrogens is 248 g/mol. The molecule has 0 aliphatic heterocycles. The smallest absolute Gasteiger partial charge is 0.192 e. The Kier molecular flexibility index (Phi) is 3.70. The highest BCUT2D eigenvalue weighted by Crippen LogP contribution is 2.39. The van der Waals surface area contributed by atoms with Gasteiger partial charge in [0.25, 0.3) is 0 Å². The fraction of sp³-hybridized carbons (Fsp3) is 0.647. The topological polar surface area (TPSA) is 9.23 Å². The van der Waals surface area contributed by atoms with Crippen LogP contribution in [0.1, 0.15) is 43.0 Å². The Labute approximate surface area is 119 Å². The summed E-state index contributed by atoms with van der Waals surface area (Å²) in [6.07, 6.45) is 2.60. The molecule has 1 nitrogen and oxygen atoms in total. The molecule has 19 heavy (non-hydrogen) atoms. The lowest BCUT2D eigenvalue weighted by Crippen LogP contribution is -2.44. The maximum absolute atomic E-state index is 6.56. The van der Waals surface area contributed by atoms with Crippen molar-refractivity contribution in [1.82, 2.24) is 0 Å². The highest BCUT2D eigenvalue weighted by Gasteiger charge is 2.40. The Hall–Kier alpha value is -0.603. The van der Waals surface area contributed by atoms with Crippen LogP contribution >= 0.6 is 0 Å². The van der Waals surface area contributed by atoms with E-state index < -0.39 is 8.32 Å². The summed E-state index contributed by atoms with van der Waals surface area (Å²) in [5.74, 6) is 0.